The summed E-state index contributed by atoms with van der Waals surface area (Å²) in [7, 11) is 0. The smallest absolute Gasteiger partial charge is 0.264 e. The van der Waals surface area contributed by atoms with E-state index in [1.165, 1.54) is 0 Å². The lowest BCUT2D eigenvalue weighted by molar-refractivity contribution is 0.829. The molecule has 64 valence electrons. The Morgan fingerprint density at radius 1 is 1.75 bits per heavy atom. The van der Waals surface area contributed by atoms with Crippen LogP contribution < -0.4 is 5.56 Å². The number of hydrogen-bond acceptors (Lipinski definition) is 2. The maximum absolute atomic E-state index is 11.2. The first-order valence-electron chi connectivity index (χ1n) is 3.93. The van der Waals surface area contributed by atoms with E-state index in [2.05, 4.69) is 16.9 Å². The van der Waals surface area contributed by atoms with Gasteiger partial charge >= 0.3 is 0 Å². The molecule has 3 nitrogen and oxygen atoms in total. The lowest BCUT2D eigenvalue weighted by Gasteiger charge is -1.96. The van der Waals surface area contributed by atoms with Crippen molar-refractivity contribution in [2.75, 3.05) is 0 Å². The van der Waals surface area contributed by atoms with Crippen LogP contribution in [0.25, 0.3) is 0 Å². The van der Waals surface area contributed by atoms with Crippen LogP contribution in [0.4, 0.5) is 0 Å². The van der Waals surface area contributed by atoms with Crippen LogP contribution in [0.2, 0.25) is 0 Å². The molecular weight excluding hydrogens is 267 g/mol. The summed E-state index contributed by atoms with van der Waals surface area (Å²) in [4.78, 5) is 18.2. The van der Waals surface area contributed by atoms with Gasteiger partial charge in [-0.05, 0) is 34.9 Å². The van der Waals surface area contributed by atoms with E-state index in [1.54, 1.807) is 6.20 Å². The number of halogens is 1. The molecule has 1 aliphatic carbocycles. The Kier molecular flexibility index (Phi) is 1.94. The van der Waals surface area contributed by atoms with Crippen LogP contribution in [0.1, 0.15) is 25.1 Å². The molecule has 1 fully saturated rings. The Hall–Kier alpha value is -0.390. The normalized spacial score (nSPS) is 27.2. The van der Waals surface area contributed by atoms with E-state index < -0.39 is 0 Å². The molecule has 1 aliphatic rings. The van der Waals surface area contributed by atoms with Crippen LogP contribution in [0.3, 0.4) is 0 Å². The van der Waals surface area contributed by atoms with Gasteiger partial charge in [0.15, 0.2) is 0 Å². The molecule has 4 heteroatoms. The highest BCUT2D eigenvalue weighted by molar-refractivity contribution is 14.1. The predicted octanol–water partition coefficient (Wildman–Crippen LogP) is 1.50. The van der Waals surface area contributed by atoms with Crippen molar-refractivity contribution in [2.45, 2.75) is 19.3 Å². The van der Waals surface area contributed by atoms with E-state index in [9.17, 15) is 4.79 Å². The Bertz CT molecular complexity index is 360. The third-order valence-corrected chi connectivity index (χ3v) is 3.00. The molecule has 2 atom stereocenters. The van der Waals surface area contributed by atoms with Gasteiger partial charge in [0.25, 0.3) is 5.56 Å². The van der Waals surface area contributed by atoms with E-state index in [0.717, 1.165) is 12.2 Å². The second-order valence-electron chi connectivity index (χ2n) is 3.26. The van der Waals surface area contributed by atoms with E-state index >= 15 is 0 Å². The summed E-state index contributed by atoms with van der Waals surface area (Å²) in [6.07, 6.45) is 2.79. The van der Waals surface area contributed by atoms with Gasteiger partial charge in [0.1, 0.15) is 5.82 Å². The van der Waals surface area contributed by atoms with Gasteiger partial charge in [0, 0.05) is 12.1 Å². The summed E-state index contributed by atoms with van der Waals surface area (Å²) in [6, 6.07) is 0. The molecule has 0 aliphatic heterocycles. The summed E-state index contributed by atoms with van der Waals surface area (Å²) in [5.41, 5.74) is -0.0142. The van der Waals surface area contributed by atoms with Gasteiger partial charge in [0.2, 0.25) is 0 Å². The van der Waals surface area contributed by atoms with Gasteiger partial charge in [-0.15, -0.1) is 0 Å². The molecule has 1 saturated carbocycles. The first-order valence-corrected chi connectivity index (χ1v) is 5.01. The Balaban J connectivity index is 2.36. The van der Waals surface area contributed by atoms with Crippen molar-refractivity contribution < 1.29 is 0 Å². The molecule has 1 aromatic heterocycles. The molecule has 0 radical (unpaired) electrons. The van der Waals surface area contributed by atoms with Gasteiger partial charge in [-0.1, -0.05) is 6.92 Å². The molecule has 0 aromatic carbocycles. The Morgan fingerprint density at radius 3 is 2.92 bits per heavy atom. The fourth-order valence-corrected chi connectivity index (χ4v) is 1.56. The van der Waals surface area contributed by atoms with Crippen molar-refractivity contribution in [1.29, 1.82) is 0 Å². The largest absolute Gasteiger partial charge is 0.309 e. The molecule has 1 N–H and O–H groups in total. The second kappa shape index (κ2) is 2.83. The molecule has 0 amide bonds. The van der Waals surface area contributed by atoms with Crippen LogP contribution in [0, 0.1) is 9.49 Å². The van der Waals surface area contributed by atoms with Crippen LogP contribution in [-0.2, 0) is 0 Å². The zero-order valence-electron chi connectivity index (χ0n) is 6.67. The molecule has 1 aromatic rings. The van der Waals surface area contributed by atoms with Crippen molar-refractivity contribution in [3.63, 3.8) is 0 Å². The highest BCUT2D eigenvalue weighted by Gasteiger charge is 2.36. The highest BCUT2D eigenvalue weighted by Crippen LogP contribution is 2.44. The Morgan fingerprint density at radius 2 is 2.42 bits per heavy atom. The van der Waals surface area contributed by atoms with Gasteiger partial charge < -0.3 is 4.98 Å². The van der Waals surface area contributed by atoms with Gasteiger partial charge in [-0.2, -0.15) is 0 Å². The minimum atomic E-state index is -0.0142. The molecular formula is C8H9IN2O. The third-order valence-electron chi connectivity index (χ3n) is 2.24. The van der Waals surface area contributed by atoms with Crippen LogP contribution in [0.15, 0.2) is 11.0 Å². The van der Waals surface area contributed by atoms with Crippen molar-refractivity contribution in [2.24, 2.45) is 5.92 Å². The zero-order chi connectivity index (χ0) is 8.72. The van der Waals surface area contributed by atoms with Crippen LogP contribution >= 0.6 is 22.6 Å². The van der Waals surface area contributed by atoms with Crippen molar-refractivity contribution in [3.05, 3.63) is 25.9 Å². The second-order valence-corrected chi connectivity index (χ2v) is 4.43. The topological polar surface area (TPSA) is 45.8 Å². The summed E-state index contributed by atoms with van der Waals surface area (Å²) in [6.45, 7) is 2.17. The van der Waals surface area contributed by atoms with Crippen molar-refractivity contribution in [1.82, 2.24) is 9.97 Å². The summed E-state index contributed by atoms with van der Waals surface area (Å²) < 4.78 is 0.657. The standard InChI is InChI=1S/C8H9IN2O/c1-4-2-5(4)7-10-3-6(9)8(12)11-7/h3-5H,2H2,1H3,(H,10,11,12). The van der Waals surface area contributed by atoms with Crippen molar-refractivity contribution >= 4 is 22.6 Å². The number of H-pyrrole nitrogens is 1. The molecule has 1 heterocycles. The first kappa shape index (κ1) is 8.22. The Labute approximate surface area is 83.7 Å². The van der Waals surface area contributed by atoms with Gasteiger partial charge in [-0.3, -0.25) is 4.79 Å². The number of nitrogens with zero attached hydrogens (tertiary/aromatic N) is 1. The predicted molar refractivity (Wildman–Crippen MR) is 54.1 cm³/mol. The zero-order valence-corrected chi connectivity index (χ0v) is 8.83. The lowest BCUT2D eigenvalue weighted by atomic mass is 10.3. The van der Waals surface area contributed by atoms with Gasteiger partial charge in [-0.25, -0.2) is 4.98 Å². The van der Waals surface area contributed by atoms with E-state index in [-0.39, 0.29) is 5.56 Å². The van der Waals surface area contributed by atoms with E-state index in [4.69, 9.17) is 0 Å². The molecule has 2 unspecified atom stereocenters. The maximum Gasteiger partial charge on any atom is 0.264 e. The number of hydrogen-bond donors (Lipinski definition) is 1. The number of rotatable bonds is 1. The highest BCUT2D eigenvalue weighted by atomic mass is 127. The van der Waals surface area contributed by atoms with Crippen LogP contribution in [-0.4, -0.2) is 9.97 Å². The maximum atomic E-state index is 11.2. The quantitative estimate of drug-likeness (QED) is 0.790. The summed E-state index contributed by atoms with van der Waals surface area (Å²) in [5, 5.41) is 0. The number of aromatic amines is 1. The van der Waals surface area contributed by atoms with E-state index in [0.29, 0.717) is 15.4 Å². The molecule has 12 heavy (non-hydrogen) atoms. The van der Waals surface area contributed by atoms with Crippen LogP contribution in [0.5, 0.6) is 0 Å². The summed E-state index contributed by atoms with van der Waals surface area (Å²) in [5.74, 6) is 2.04. The van der Waals surface area contributed by atoms with E-state index in [1.807, 2.05) is 22.6 Å². The molecule has 0 saturated heterocycles. The average molecular weight is 276 g/mol. The summed E-state index contributed by atoms with van der Waals surface area (Å²) >= 11 is 1.98. The minimum absolute atomic E-state index is 0.0142. The lowest BCUT2D eigenvalue weighted by Crippen LogP contribution is -2.13. The SMILES string of the molecule is CC1CC1c1ncc(I)c(=O)[nH]1. The van der Waals surface area contributed by atoms with Gasteiger partial charge in [0.05, 0.1) is 3.57 Å². The number of nitrogens with one attached hydrogen (secondary N) is 1. The number of aromatic nitrogens is 2. The third kappa shape index (κ3) is 1.39. The fraction of sp³-hybridized carbons (Fsp3) is 0.500. The fourth-order valence-electron chi connectivity index (χ4n) is 1.28. The first-order chi connectivity index (χ1) is 5.68. The monoisotopic (exact) mass is 276 g/mol. The molecule has 0 spiro atoms. The molecule has 0 bridgehead atoms. The molecule has 2 rings (SSSR count). The average Bonchev–Trinajstić information content (AvgIpc) is 2.73. The van der Waals surface area contributed by atoms with Crippen molar-refractivity contribution in [3.8, 4) is 0 Å². The minimum Gasteiger partial charge on any atom is -0.309 e.